The quantitative estimate of drug-likeness (QED) is 0.144. The van der Waals surface area contributed by atoms with Gasteiger partial charge in [-0.05, 0) is 210 Å². The van der Waals surface area contributed by atoms with Gasteiger partial charge in [-0.25, -0.2) is 0 Å². The van der Waals surface area contributed by atoms with Gasteiger partial charge in [0.2, 0.25) is 0 Å². The number of para-hydroxylation sites is 2. The Balaban J connectivity index is 0.565. The molecule has 0 amide bonds. The van der Waals surface area contributed by atoms with Gasteiger partial charge in [-0.2, -0.15) is 0 Å². The Hall–Kier alpha value is -14.6. The molecule has 0 saturated heterocycles. The van der Waals surface area contributed by atoms with E-state index < -0.39 is 0 Å². The van der Waals surface area contributed by atoms with Crippen LogP contribution in [0.15, 0.2) is 370 Å². The van der Waals surface area contributed by atoms with E-state index in [0.29, 0.717) is 0 Å². The molecule has 0 bridgehead atoms. The Morgan fingerprint density at radius 1 is 0.188 bits per heavy atom. The van der Waals surface area contributed by atoms with Gasteiger partial charge < -0.3 is 13.7 Å². The van der Waals surface area contributed by atoms with Crippen LogP contribution < -0.4 is 0 Å². The lowest BCUT2D eigenvalue weighted by Gasteiger charge is -2.12. The van der Waals surface area contributed by atoms with E-state index >= 15 is 0 Å². The second-order valence-electron chi connectivity index (χ2n) is 30.3. The van der Waals surface area contributed by atoms with Crippen LogP contribution in [0.2, 0.25) is 0 Å². The van der Waals surface area contributed by atoms with Crippen LogP contribution >= 0.6 is 11.3 Å². The van der Waals surface area contributed by atoms with Gasteiger partial charge in [-0.1, -0.05) is 237 Å². The van der Waals surface area contributed by atoms with Gasteiger partial charge in [-0.15, -0.1) is 11.3 Å². The van der Waals surface area contributed by atoms with Gasteiger partial charge in [0.1, 0.15) is 0 Å². The largest absolute Gasteiger partial charge is 0.309 e. The van der Waals surface area contributed by atoms with Gasteiger partial charge in [0, 0.05) is 126 Å². The van der Waals surface area contributed by atoms with Gasteiger partial charge in [0.25, 0.3) is 0 Å². The number of pyridine rings is 2. The van der Waals surface area contributed by atoms with Crippen molar-refractivity contribution < 1.29 is 0 Å². The van der Waals surface area contributed by atoms with Crippen molar-refractivity contribution in [2.45, 2.75) is 0 Å². The number of benzene rings is 17. The first kappa shape index (κ1) is 61.5. The summed E-state index contributed by atoms with van der Waals surface area (Å²) in [4.78, 5) is 10.4. The standard InChI is InChI=1S/C106H61N5S/c1-3-21-73(22-4-1)109-95-46-38-64(63-18-13-19-71(51-63)105-85-33-15-31-83-77-27-9-11-29-79(77)92(60-107-105)102(83)85)54-88(95)89-55-66(40-47-96(89)109)68-42-50-100-90(56-68)82-44-36-70(59-101(82)112-100)69-35-43-81-87-53-65(39-45-94(87)110(99(81)58-69)74-23-5-2-6-24-74)67-41-48-97-91(57-67)104-76-26-8-7-17-62(76)37-49-98(104)111(97)75-25-14-20-72(52-75)106-86-34-16-32-84-78-28-10-12-30-80(78)93(61-108-106)103(84)86/h1-61H. The van der Waals surface area contributed by atoms with E-state index in [9.17, 15) is 0 Å². The Morgan fingerprint density at radius 2 is 0.589 bits per heavy atom. The number of rotatable bonds is 9. The number of aromatic nitrogens is 5. The number of hydrogen-bond donors (Lipinski definition) is 0. The molecule has 6 aromatic heterocycles. The fraction of sp³-hybridized carbons (Fsp3) is 0. The lowest BCUT2D eigenvalue weighted by Crippen LogP contribution is -1.95. The number of fused-ring (bicyclic) bond motifs is 20. The molecule has 112 heavy (non-hydrogen) atoms. The average molecular weight is 1440 g/mol. The molecule has 5 nitrogen and oxygen atoms in total. The maximum absolute atomic E-state index is 5.24. The van der Waals surface area contributed by atoms with Gasteiger partial charge >= 0.3 is 0 Å². The number of thiophene rings is 1. The molecule has 0 fully saturated rings. The minimum Gasteiger partial charge on any atom is -0.309 e. The van der Waals surface area contributed by atoms with Crippen LogP contribution in [0.1, 0.15) is 0 Å². The first-order valence-electron chi connectivity index (χ1n) is 38.5. The topological polar surface area (TPSA) is 40.6 Å². The zero-order valence-corrected chi connectivity index (χ0v) is 61.2. The molecule has 0 unspecified atom stereocenters. The van der Waals surface area contributed by atoms with Gasteiger partial charge in [0.05, 0.1) is 44.5 Å². The second kappa shape index (κ2) is 23.5. The van der Waals surface area contributed by atoms with Crippen molar-refractivity contribution in [3.8, 4) is 129 Å². The minimum atomic E-state index is 0.994. The van der Waals surface area contributed by atoms with Crippen molar-refractivity contribution >= 4 is 129 Å². The molecule has 0 spiro atoms. The Kier molecular flexibility index (Phi) is 12.9. The summed E-state index contributed by atoms with van der Waals surface area (Å²) in [6, 6.07) is 133. The predicted molar refractivity (Wildman–Crippen MR) is 472 cm³/mol. The zero-order valence-electron chi connectivity index (χ0n) is 60.4. The van der Waals surface area contributed by atoms with Crippen LogP contribution in [0.5, 0.6) is 0 Å². The minimum absolute atomic E-state index is 0.994. The Morgan fingerprint density at radius 3 is 1.21 bits per heavy atom. The van der Waals surface area contributed by atoms with Crippen molar-refractivity contribution in [1.82, 2.24) is 23.7 Å². The van der Waals surface area contributed by atoms with E-state index in [1.807, 2.05) is 11.3 Å². The third-order valence-electron chi connectivity index (χ3n) is 24.4. The molecule has 0 radical (unpaired) electrons. The molecule has 6 heteroatoms. The summed E-state index contributed by atoms with van der Waals surface area (Å²) in [5, 5.41) is 17.2. The number of hydrogen-bond acceptors (Lipinski definition) is 3. The fourth-order valence-corrected chi connectivity index (χ4v) is 20.5. The Labute approximate surface area is 647 Å². The maximum atomic E-state index is 5.24. The highest BCUT2D eigenvalue weighted by atomic mass is 32.1. The smallest absolute Gasteiger partial charge is 0.0781 e. The molecule has 2 aliphatic rings. The second-order valence-corrected chi connectivity index (χ2v) is 31.3. The maximum Gasteiger partial charge on any atom is 0.0781 e. The summed E-state index contributed by atoms with van der Waals surface area (Å²) in [6.07, 6.45) is 4.16. The van der Waals surface area contributed by atoms with E-state index in [-0.39, 0.29) is 0 Å². The summed E-state index contributed by atoms with van der Waals surface area (Å²) in [7, 11) is 0. The first-order chi connectivity index (χ1) is 55.5. The molecule has 516 valence electrons. The van der Waals surface area contributed by atoms with Crippen LogP contribution in [0.25, 0.3) is 246 Å². The molecule has 17 aromatic carbocycles. The molecule has 23 aromatic rings. The SMILES string of the molecule is c1ccc(-n2c3ccc(-c4cccc(-c5ncc6c7c(cccc57)-c5ccccc5-6)c4)cc3c3cc(-c4ccc5sc6cc(-c7ccc8c9cc(-c%10ccc%11c(c%10)c%10c%12ccccc%12ccc%10n%11-c%10cccc(-c%11ncc%12c%13c(cccc%11%13)-c%11ccccc%11-%12)c%10)ccc9n(-c9ccccc9)c8c7)ccc6c5c4)ccc32)cc1. The lowest BCUT2D eigenvalue weighted by atomic mass is 9.96. The zero-order chi connectivity index (χ0) is 73.0. The summed E-state index contributed by atoms with van der Waals surface area (Å²) in [6.45, 7) is 0. The van der Waals surface area contributed by atoms with Crippen molar-refractivity contribution in [2.24, 2.45) is 0 Å². The Bertz CT molecular complexity index is 8010. The molecule has 0 atom stereocenters. The third kappa shape index (κ3) is 8.95. The summed E-state index contributed by atoms with van der Waals surface area (Å²) >= 11 is 1.87. The molecule has 25 rings (SSSR count). The van der Waals surface area contributed by atoms with Crippen LogP contribution in [-0.4, -0.2) is 23.7 Å². The fourth-order valence-electron chi connectivity index (χ4n) is 19.3. The summed E-state index contributed by atoms with van der Waals surface area (Å²) < 4.78 is 9.87. The number of nitrogens with zero attached hydrogens (tertiary/aromatic N) is 5. The molecule has 0 N–H and O–H groups in total. The van der Waals surface area contributed by atoms with Crippen molar-refractivity contribution in [1.29, 1.82) is 0 Å². The highest BCUT2D eigenvalue weighted by molar-refractivity contribution is 7.25. The monoisotopic (exact) mass is 1440 g/mol. The molecule has 6 heterocycles. The van der Waals surface area contributed by atoms with E-state index in [1.54, 1.807) is 0 Å². The molecule has 0 aliphatic heterocycles. The lowest BCUT2D eigenvalue weighted by molar-refractivity contribution is 1.18. The average Bonchev–Trinajstić information content (AvgIpc) is 1.59. The summed E-state index contributed by atoms with van der Waals surface area (Å²) in [5.74, 6) is 0. The van der Waals surface area contributed by atoms with Crippen LogP contribution in [0, 0.1) is 0 Å². The predicted octanol–water partition coefficient (Wildman–Crippen LogP) is 28.9. The van der Waals surface area contributed by atoms with Gasteiger partial charge in [-0.3, -0.25) is 9.97 Å². The van der Waals surface area contributed by atoms with Crippen molar-refractivity contribution in [3.63, 3.8) is 0 Å². The normalized spacial score (nSPS) is 12.3. The van der Waals surface area contributed by atoms with Crippen LogP contribution in [0.3, 0.4) is 0 Å². The molecular formula is C106H61N5S. The van der Waals surface area contributed by atoms with E-state index in [1.165, 1.54) is 196 Å². The van der Waals surface area contributed by atoms with E-state index in [4.69, 9.17) is 9.97 Å². The molecule has 0 saturated carbocycles. The highest BCUT2D eigenvalue weighted by Crippen LogP contribution is 2.52. The van der Waals surface area contributed by atoms with Gasteiger partial charge in [0.15, 0.2) is 0 Å². The third-order valence-corrected chi connectivity index (χ3v) is 25.5. The van der Waals surface area contributed by atoms with Crippen molar-refractivity contribution in [2.75, 3.05) is 0 Å². The van der Waals surface area contributed by atoms with E-state index in [2.05, 4.69) is 384 Å². The molecule has 2 aliphatic carbocycles. The highest BCUT2D eigenvalue weighted by Gasteiger charge is 2.27. The first-order valence-corrected chi connectivity index (χ1v) is 39.3. The van der Waals surface area contributed by atoms with Crippen LogP contribution in [0.4, 0.5) is 0 Å². The van der Waals surface area contributed by atoms with E-state index in [0.717, 1.165) is 50.7 Å². The summed E-state index contributed by atoms with van der Waals surface area (Å²) in [5.41, 5.74) is 34.0. The van der Waals surface area contributed by atoms with Crippen molar-refractivity contribution in [3.05, 3.63) is 370 Å². The molecular weight excluding hydrogens is 1380 g/mol. The van der Waals surface area contributed by atoms with Crippen LogP contribution in [-0.2, 0) is 0 Å².